The first kappa shape index (κ1) is 20.4. The summed E-state index contributed by atoms with van der Waals surface area (Å²) in [5.74, 6) is -1.62. The van der Waals surface area contributed by atoms with E-state index in [4.69, 9.17) is 4.18 Å². The Morgan fingerprint density at radius 1 is 1.38 bits per heavy atom. The van der Waals surface area contributed by atoms with Crippen LogP contribution in [0.25, 0.3) is 0 Å². The van der Waals surface area contributed by atoms with Crippen LogP contribution in [0.1, 0.15) is 46.0 Å². The first-order valence-corrected chi connectivity index (χ1v) is 9.93. The average Bonchev–Trinajstić information content (AvgIpc) is 3.04. The molecule has 146 valence electrons. The van der Waals surface area contributed by atoms with Crippen LogP contribution in [-0.4, -0.2) is 55.3 Å². The maximum atomic E-state index is 12.5. The third kappa shape index (κ3) is 5.28. The number of carbonyl (C=O) groups excluding carboxylic acids is 3. The number of carbonyl (C=O) groups is 3. The number of rotatable bonds is 8. The van der Waals surface area contributed by atoms with Crippen molar-refractivity contribution >= 4 is 28.0 Å². The third-order valence-corrected chi connectivity index (χ3v) is 5.56. The van der Waals surface area contributed by atoms with E-state index in [0.29, 0.717) is 32.2 Å². The van der Waals surface area contributed by atoms with Crippen LogP contribution in [0.2, 0.25) is 0 Å². The standard InChI is InChI=1S/C16H25N3O6S/c1-4-6-12(14(21)18-26(23,24)25-16(3)8-9-16)17-15(22)13-7-5-10-19(13)11(2)20/h4,12-13H,1,5-10H2,2-3H3,(H,17,22)(H,18,21). The van der Waals surface area contributed by atoms with Crippen LogP contribution >= 0.6 is 0 Å². The molecule has 1 saturated carbocycles. The second-order valence-corrected chi connectivity index (χ2v) is 8.19. The van der Waals surface area contributed by atoms with Crippen LogP contribution in [0.4, 0.5) is 0 Å². The number of nitrogens with one attached hydrogen (secondary N) is 2. The molecule has 2 unspecified atom stereocenters. The normalized spacial score (nSPS) is 22.4. The van der Waals surface area contributed by atoms with Crippen molar-refractivity contribution in [1.82, 2.24) is 14.9 Å². The first-order valence-electron chi connectivity index (χ1n) is 8.52. The summed E-state index contributed by atoms with van der Waals surface area (Å²) in [6.07, 6.45) is 3.81. The minimum Gasteiger partial charge on any atom is -0.342 e. The Labute approximate surface area is 153 Å². The molecule has 0 radical (unpaired) electrons. The van der Waals surface area contributed by atoms with Crippen molar-refractivity contribution in [2.24, 2.45) is 0 Å². The van der Waals surface area contributed by atoms with Crippen LogP contribution < -0.4 is 10.0 Å². The summed E-state index contributed by atoms with van der Waals surface area (Å²) < 4.78 is 30.7. The summed E-state index contributed by atoms with van der Waals surface area (Å²) in [5.41, 5.74) is -0.769. The van der Waals surface area contributed by atoms with Crippen LogP contribution in [0.3, 0.4) is 0 Å². The Morgan fingerprint density at radius 3 is 2.58 bits per heavy atom. The molecule has 2 atom stereocenters. The van der Waals surface area contributed by atoms with Crippen molar-refractivity contribution in [2.75, 3.05) is 6.54 Å². The van der Waals surface area contributed by atoms with Gasteiger partial charge in [-0.25, -0.2) is 8.91 Å². The van der Waals surface area contributed by atoms with E-state index in [-0.39, 0.29) is 12.3 Å². The average molecular weight is 387 g/mol. The molecule has 26 heavy (non-hydrogen) atoms. The van der Waals surface area contributed by atoms with Crippen LogP contribution in [-0.2, 0) is 28.9 Å². The second-order valence-electron chi connectivity index (χ2n) is 6.91. The van der Waals surface area contributed by atoms with Gasteiger partial charge < -0.3 is 10.2 Å². The Balaban J connectivity index is 2.00. The fourth-order valence-electron chi connectivity index (χ4n) is 2.82. The van der Waals surface area contributed by atoms with Gasteiger partial charge in [0.2, 0.25) is 11.8 Å². The van der Waals surface area contributed by atoms with E-state index in [9.17, 15) is 22.8 Å². The van der Waals surface area contributed by atoms with Gasteiger partial charge in [-0.15, -0.1) is 6.58 Å². The molecule has 10 heteroatoms. The van der Waals surface area contributed by atoms with Crippen molar-refractivity contribution < 1.29 is 27.0 Å². The molecule has 0 aromatic rings. The van der Waals surface area contributed by atoms with Crippen molar-refractivity contribution in [3.8, 4) is 0 Å². The van der Waals surface area contributed by atoms with Gasteiger partial charge in [0.25, 0.3) is 5.91 Å². The highest BCUT2D eigenvalue weighted by atomic mass is 32.2. The van der Waals surface area contributed by atoms with E-state index in [2.05, 4.69) is 11.9 Å². The molecule has 3 amide bonds. The molecule has 0 aromatic carbocycles. The van der Waals surface area contributed by atoms with Crippen molar-refractivity contribution in [3.05, 3.63) is 12.7 Å². The highest BCUT2D eigenvalue weighted by Gasteiger charge is 2.44. The molecular weight excluding hydrogens is 362 g/mol. The van der Waals surface area contributed by atoms with Gasteiger partial charge in [0, 0.05) is 13.5 Å². The predicted octanol–water partition coefficient (Wildman–Crippen LogP) is -0.0117. The van der Waals surface area contributed by atoms with E-state index in [1.165, 1.54) is 17.9 Å². The molecule has 1 saturated heterocycles. The van der Waals surface area contributed by atoms with Gasteiger partial charge in [0.15, 0.2) is 0 Å². The summed E-state index contributed by atoms with van der Waals surface area (Å²) in [6, 6.07) is -1.79. The minimum absolute atomic E-state index is 0.0388. The van der Waals surface area contributed by atoms with Gasteiger partial charge in [-0.3, -0.25) is 14.4 Å². The summed E-state index contributed by atoms with van der Waals surface area (Å²) in [7, 11) is -4.27. The number of hydrogen-bond acceptors (Lipinski definition) is 6. The predicted molar refractivity (Wildman–Crippen MR) is 92.9 cm³/mol. The topological polar surface area (TPSA) is 122 Å². The minimum atomic E-state index is -4.27. The lowest BCUT2D eigenvalue weighted by molar-refractivity contribution is -0.138. The molecule has 2 aliphatic rings. The molecule has 1 aliphatic carbocycles. The molecule has 0 bridgehead atoms. The molecule has 2 fully saturated rings. The molecule has 0 aromatic heterocycles. The monoisotopic (exact) mass is 387 g/mol. The third-order valence-electron chi connectivity index (χ3n) is 4.49. The summed E-state index contributed by atoms with van der Waals surface area (Å²) in [6.45, 7) is 7.01. The number of likely N-dealkylation sites (tertiary alicyclic amines) is 1. The molecule has 1 heterocycles. The smallest absolute Gasteiger partial charge is 0.342 e. The van der Waals surface area contributed by atoms with E-state index in [1.807, 2.05) is 4.72 Å². The molecule has 9 nitrogen and oxygen atoms in total. The summed E-state index contributed by atoms with van der Waals surface area (Å²) in [5, 5.41) is 2.51. The quantitative estimate of drug-likeness (QED) is 0.565. The van der Waals surface area contributed by atoms with Crippen molar-refractivity contribution in [2.45, 2.75) is 63.6 Å². The Morgan fingerprint density at radius 2 is 2.04 bits per heavy atom. The zero-order valence-corrected chi connectivity index (χ0v) is 15.8. The highest BCUT2D eigenvalue weighted by molar-refractivity contribution is 7.85. The maximum absolute atomic E-state index is 12.5. The van der Waals surface area contributed by atoms with Crippen LogP contribution in [0, 0.1) is 0 Å². The van der Waals surface area contributed by atoms with Crippen molar-refractivity contribution in [1.29, 1.82) is 0 Å². The van der Waals surface area contributed by atoms with Crippen LogP contribution in [0.5, 0.6) is 0 Å². The molecule has 0 spiro atoms. The fraction of sp³-hybridized carbons (Fsp3) is 0.688. The molecular formula is C16H25N3O6S. The van der Waals surface area contributed by atoms with Gasteiger partial charge in [0.05, 0.1) is 5.60 Å². The SMILES string of the molecule is C=CCC(NC(=O)C1CCCN1C(C)=O)C(=O)NS(=O)(=O)OC1(C)CC1. The lowest BCUT2D eigenvalue weighted by Crippen LogP contribution is -2.53. The van der Waals surface area contributed by atoms with E-state index in [1.54, 1.807) is 6.92 Å². The zero-order valence-electron chi connectivity index (χ0n) is 15.0. The fourth-order valence-corrected chi connectivity index (χ4v) is 3.95. The summed E-state index contributed by atoms with van der Waals surface area (Å²) >= 11 is 0. The lowest BCUT2D eigenvalue weighted by atomic mass is 10.1. The number of amides is 3. The molecule has 1 aliphatic heterocycles. The van der Waals surface area contributed by atoms with Gasteiger partial charge in [-0.05, 0) is 39.0 Å². The largest absolute Gasteiger partial charge is 0.362 e. The Kier molecular flexibility index (Phi) is 6.07. The van der Waals surface area contributed by atoms with Gasteiger partial charge in [-0.1, -0.05) is 6.08 Å². The first-order chi connectivity index (χ1) is 12.1. The van der Waals surface area contributed by atoms with E-state index >= 15 is 0 Å². The zero-order chi connectivity index (χ0) is 19.5. The number of hydrogen-bond donors (Lipinski definition) is 2. The van der Waals surface area contributed by atoms with Crippen molar-refractivity contribution in [3.63, 3.8) is 0 Å². The second kappa shape index (κ2) is 7.75. The summed E-state index contributed by atoms with van der Waals surface area (Å²) in [4.78, 5) is 37.8. The molecule has 2 rings (SSSR count). The Bertz CT molecular complexity index is 701. The van der Waals surface area contributed by atoms with E-state index in [0.717, 1.165) is 0 Å². The van der Waals surface area contributed by atoms with Crippen LogP contribution in [0.15, 0.2) is 12.7 Å². The van der Waals surface area contributed by atoms with Gasteiger partial charge >= 0.3 is 10.3 Å². The number of nitrogens with zero attached hydrogens (tertiary/aromatic N) is 1. The Hall–Kier alpha value is -1.94. The van der Waals surface area contributed by atoms with E-state index < -0.39 is 39.8 Å². The molecule has 2 N–H and O–H groups in total. The highest BCUT2D eigenvalue weighted by Crippen LogP contribution is 2.39. The lowest BCUT2D eigenvalue weighted by Gasteiger charge is -2.25. The van der Waals surface area contributed by atoms with Gasteiger partial charge in [0.1, 0.15) is 12.1 Å². The van der Waals surface area contributed by atoms with Gasteiger partial charge in [-0.2, -0.15) is 8.42 Å². The maximum Gasteiger partial charge on any atom is 0.362 e.